The van der Waals surface area contributed by atoms with E-state index in [1.165, 1.54) is 0 Å². The fraction of sp³-hybridized carbons (Fsp3) is 0.588. The molecular weight excluding hydrogens is 296 g/mol. The Bertz CT molecular complexity index is 533. The van der Waals surface area contributed by atoms with Crippen molar-refractivity contribution in [2.45, 2.75) is 52.6 Å². The van der Waals surface area contributed by atoms with E-state index in [4.69, 9.17) is 14.2 Å². The second kappa shape index (κ2) is 9.25. The van der Waals surface area contributed by atoms with Gasteiger partial charge in [0, 0.05) is 17.8 Å². The first-order valence-electron chi connectivity index (χ1n) is 7.85. The topological polar surface area (TPSA) is 70.5 Å². The molecule has 0 fully saturated rings. The Morgan fingerprint density at radius 3 is 2.70 bits per heavy atom. The molecule has 0 spiro atoms. The van der Waals surface area contributed by atoms with Crippen LogP contribution >= 0.6 is 0 Å². The maximum absolute atomic E-state index is 11.9. The Kier molecular flexibility index (Phi) is 7.68. The molecule has 0 N–H and O–H groups in total. The Balaban J connectivity index is 2.89. The van der Waals surface area contributed by atoms with Crippen LogP contribution in [-0.4, -0.2) is 29.3 Å². The van der Waals surface area contributed by atoms with Crippen molar-refractivity contribution >= 4 is 5.97 Å². The van der Waals surface area contributed by atoms with Crippen molar-refractivity contribution in [2.24, 2.45) is 0 Å². The monoisotopic (exact) mass is 322 g/mol. The van der Waals surface area contributed by atoms with Gasteiger partial charge in [0.1, 0.15) is 0 Å². The third-order valence-corrected chi connectivity index (χ3v) is 3.14. The molecule has 6 nitrogen and oxygen atoms in total. The summed E-state index contributed by atoms with van der Waals surface area (Å²) in [5.41, 5.74) is -0.582. The number of nitrogens with zero attached hydrogens (tertiary/aromatic N) is 2. The van der Waals surface area contributed by atoms with Gasteiger partial charge in [-0.1, -0.05) is 26.8 Å². The molecular formula is C17H26N2O4. The van der Waals surface area contributed by atoms with Crippen LogP contribution in [0.5, 0.6) is 5.88 Å². The lowest BCUT2D eigenvalue weighted by atomic mass is 9.99. The first-order chi connectivity index (χ1) is 10.9. The maximum Gasteiger partial charge on any atom is 0.334 e. The molecule has 0 saturated carbocycles. The average molecular weight is 322 g/mol. The standard InChI is InChI=1S/C17H26N2O4/c1-6-9-17(5,23-15(20)13(3)4)16-18-10-8-14(19-16)22-12-21-11-7-2/h8,10H,3,6-7,9,11-12H2,1-2,4-5H3. The van der Waals surface area contributed by atoms with Crippen LogP contribution in [0.2, 0.25) is 0 Å². The molecule has 1 aromatic heterocycles. The Morgan fingerprint density at radius 1 is 1.35 bits per heavy atom. The normalized spacial score (nSPS) is 13.2. The SMILES string of the molecule is C=C(C)C(=O)OC(C)(CCC)c1nccc(OCOCCC)n1. The summed E-state index contributed by atoms with van der Waals surface area (Å²) in [6.07, 6.45) is 3.92. The largest absolute Gasteiger partial charge is 0.450 e. The number of rotatable bonds is 10. The van der Waals surface area contributed by atoms with Gasteiger partial charge in [-0.3, -0.25) is 0 Å². The van der Waals surface area contributed by atoms with Gasteiger partial charge in [-0.25, -0.2) is 9.78 Å². The van der Waals surface area contributed by atoms with Crippen LogP contribution in [-0.2, 0) is 19.9 Å². The van der Waals surface area contributed by atoms with Gasteiger partial charge in [0.25, 0.3) is 0 Å². The molecule has 1 heterocycles. The fourth-order valence-corrected chi connectivity index (χ4v) is 1.96. The number of hydrogen-bond acceptors (Lipinski definition) is 6. The maximum atomic E-state index is 11.9. The summed E-state index contributed by atoms with van der Waals surface area (Å²) in [6.45, 7) is 11.8. The van der Waals surface area contributed by atoms with Crippen LogP contribution in [0.3, 0.4) is 0 Å². The number of hydrogen-bond donors (Lipinski definition) is 0. The van der Waals surface area contributed by atoms with Gasteiger partial charge in [-0.05, 0) is 26.7 Å². The smallest absolute Gasteiger partial charge is 0.334 e. The number of carbonyl (C=O) groups excluding carboxylic acids is 1. The van der Waals surface area contributed by atoms with E-state index in [1.54, 1.807) is 26.1 Å². The third kappa shape index (κ3) is 5.98. The first kappa shape index (κ1) is 19.1. The van der Waals surface area contributed by atoms with E-state index in [0.717, 1.165) is 12.8 Å². The molecule has 1 atom stereocenters. The zero-order chi connectivity index (χ0) is 17.3. The van der Waals surface area contributed by atoms with Crippen LogP contribution < -0.4 is 4.74 Å². The summed E-state index contributed by atoms with van der Waals surface area (Å²) in [5, 5.41) is 0. The van der Waals surface area contributed by atoms with Crippen molar-refractivity contribution in [2.75, 3.05) is 13.4 Å². The van der Waals surface area contributed by atoms with Crippen molar-refractivity contribution in [1.82, 2.24) is 9.97 Å². The summed E-state index contributed by atoms with van der Waals surface area (Å²) in [7, 11) is 0. The highest BCUT2D eigenvalue weighted by atomic mass is 16.7. The van der Waals surface area contributed by atoms with Crippen molar-refractivity contribution in [3.8, 4) is 5.88 Å². The van der Waals surface area contributed by atoms with Gasteiger partial charge in [0.05, 0.1) is 6.61 Å². The average Bonchev–Trinajstić information content (AvgIpc) is 2.52. The lowest BCUT2D eigenvalue weighted by molar-refractivity contribution is -0.156. The van der Waals surface area contributed by atoms with Crippen molar-refractivity contribution in [1.29, 1.82) is 0 Å². The Hall–Kier alpha value is -1.95. The number of esters is 1. The van der Waals surface area contributed by atoms with Gasteiger partial charge in [0.15, 0.2) is 18.2 Å². The summed E-state index contributed by atoms with van der Waals surface area (Å²) >= 11 is 0. The van der Waals surface area contributed by atoms with Gasteiger partial charge < -0.3 is 14.2 Å². The van der Waals surface area contributed by atoms with Gasteiger partial charge in [-0.2, -0.15) is 4.98 Å². The molecule has 1 rings (SSSR count). The number of ether oxygens (including phenoxy) is 3. The van der Waals surface area contributed by atoms with Crippen LogP contribution in [0.1, 0.15) is 52.8 Å². The molecule has 0 aromatic carbocycles. The number of carbonyl (C=O) groups is 1. The minimum atomic E-state index is -0.922. The van der Waals surface area contributed by atoms with E-state index in [9.17, 15) is 4.79 Å². The van der Waals surface area contributed by atoms with E-state index < -0.39 is 11.6 Å². The Labute approximate surface area is 137 Å². The molecule has 1 aromatic rings. The minimum Gasteiger partial charge on any atom is -0.450 e. The summed E-state index contributed by atoms with van der Waals surface area (Å²) in [5.74, 6) is 0.337. The van der Waals surface area contributed by atoms with Crippen LogP contribution in [0.15, 0.2) is 24.4 Å². The third-order valence-electron chi connectivity index (χ3n) is 3.14. The predicted octanol–water partition coefficient (Wildman–Crippen LogP) is 3.37. The quantitative estimate of drug-likeness (QED) is 0.285. The molecule has 0 saturated heterocycles. The highest BCUT2D eigenvalue weighted by Crippen LogP contribution is 2.29. The van der Waals surface area contributed by atoms with Crippen molar-refractivity contribution < 1.29 is 19.0 Å². The molecule has 128 valence electrons. The van der Waals surface area contributed by atoms with E-state index in [-0.39, 0.29) is 6.79 Å². The highest BCUT2D eigenvalue weighted by molar-refractivity contribution is 5.87. The Morgan fingerprint density at radius 2 is 2.09 bits per heavy atom. The van der Waals surface area contributed by atoms with Crippen LogP contribution in [0.25, 0.3) is 0 Å². The molecule has 0 aliphatic heterocycles. The van der Waals surface area contributed by atoms with E-state index in [0.29, 0.717) is 30.3 Å². The van der Waals surface area contributed by atoms with Crippen molar-refractivity contribution in [3.63, 3.8) is 0 Å². The van der Waals surface area contributed by atoms with Crippen LogP contribution in [0, 0.1) is 0 Å². The predicted molar refractivity (Wildman–Crippen MR) is 86.9 cm³/mol. The van der Waals surface area contributed by atoms with Crippen LogP contribution in [0.4, 0.5) is 0 Å². The molecule has 0 radical (unpaired) electrons. The summed E-state index contributed by atoms with van der Waals surface area (Å²) in [4.78, 5) is 20.5. The molecule has 0 aliphatic carbocycles. The molecule has 23 heavy (non-hydrogen) atoms. The van der Waals surface area contributed by atoms with Crippen molar-refractivity contribution in [3.05, 3.63) is 30.2 Å². The molecule has 0 bridgehead atoms. The molecule has 1 unspecified atom stereocenters. The fourth-order valence-electron chi connectivity index (χ4n) is 1.96. The van der Waals surface area contributed by atoms with Gasteiger partial charge in [0.2, 0.25) is 5.88 Å². The lowest BCUT2D eigenvalue weighted by Gasteiger charge is -2.28. The molecule has 0 amide bonds. The van der Waals surface area contributed by atoms with E-state index in [2.05, 4.69) is 16.5 Å². The van der Waals surface area contributed by atoms with E-state index >= 15 is 0 Å². The summed E-state index contributed by atoms with van der Waals surface area (Å²) < 4.78 is 16.3. The second-order valence-electron chi connectivity index (χ2n) is 5.54. The molecule has 6 heteroatoms. The van der Waals surface area contributed by atoms with Gasteiger partial charge in [-0.15, -0.1) is 0 Å². The number of aromatic nitrogens is 2. The second-order valence-corrected chi connectivity index (χ2v) is 5.54. The first-order valence-corrected chi connectivity index (χ1v) is 7.85. The molecule has 0 aliphatic rings. The zero-order valence-electron chi connectivity index (χ0n) is 14.4. The highest BCUT2D eigenvalue weighted by Gasteiger charge is 2.34. The lowest BCUT2D eigenvalue weighted by Crippen LogP contribution is -2.31. The van der Waals surface area contributed by atoms with Gasteiger partial charge >= 0.3 is 5.97 Å². The zero-order valence-corrected chi connectivity index (χ0v) is 14.4. The minimum absolute atomic E-state index is 0.125. The summed E-state index contributed by atoms with van der Waals surface area (Å²) in [6, 6.07) is 1.64. The van der Waals surface area contributed by atoms with E-state index in [1.807, 2.05) is 13.8 Å².